The largest absolute Gasteiger partial charge is 0.506 e. The molecule has 0 bridgehead atoms. The highest BCUT2D eigenvalue weighted by Gasteiger charge is 2.14. The minimum atomic E-state index is -0.604. The predicted molar refractivity (Wildman–Crippen MR) is 88.4 cm³/mol. The Balaban J connectivity index is 1.62. The number of aromatic hydroxyl groups is 1. The van der Waals surface area contributed by atoms with Gasteiger partial charge in [0.2, 0.25) is 0 Å². The van der Waals surface area contributed by atoms with E-state index in [2.05, 4.69) is 14.5 Å². The first-order valence-corrected chi connectivity index (χ1v) is 8.14. The summed E-state index contributed by atoms with van der Waals surface area (Å²) in [7, 11) is 0. The van der Waals surface area contributed by atoms with Crippen molar-refractivity contribution < 1.29 is 9.52 Å². The third kappa shape index (κ3) is 2.53. The van der Waals surface area contributed by atoms with Gasteiger partial charge in [-0.15, -0.1) is 0 Å². The molecule has 0 amide bonds. The summed E-state index contributed by atoms with van der Waals surface area (Å²) in [4.78, 5) is 20.7. The quantitative estimate of drug-likeness (QED) is 0.590. The van der Waals surface area contributed by atoms with Crippen LogP contribution in [-0.2, 0) is 13.1 Å². The smallest absolute Gasteiger partial charge is 0.348 e. The Morgan fingerprint density at radius 1 is 1.43 bits per heavy atom. The van der Waals surface area contributed by atoms with Gasteiger partial charge in [-0.05, 0) is 12.1 Å². The highest BCUT2D eigenvalue weighted by atomic mass is 32.2. The minimum Gasteiger partial charge on any atom is -0.506 e. The first-order valence-electron chi connectivity index (χ1n) is 7.16. The average Bonchev–Trinajstić information content (AvgIpc) is 3.12. The van der Waals surface area contributed by atoms with E-state index in [0.29, 0.717) is 17.5 Å². The third-order valence-corrected chi connectivity index (χ3v) is 4.62. The fourth-order valence-electron chi connectivity index (χ4n) is 2.53. The van der Waals surface area contributed by atoms with Gasteiger partial charge in [0.15, 0.2) is 5.16 Å². The van der Waals surface area contributed by atoms with E-state index < -0.39 is 5.63 Å². The zero-order chi connectivity index (χ0) is 15.8. The molecule has 116 valence electrons. The van der Waals surface area contributed by atoms with Gasteiger partial charge < -0.3 is 14.1 Å². The monoisotopic (exact) mass is 327 g/mol. The van der Waals surface area contributed by atoms with Crippen molar-refractivity contribution in [2.45, 2.75) is 18.2 Å². The maximum atomic E-state index is 12.0. The van der Waals surface area contributed by atoms with Crippen LogP contribution in [0, 0.1) is 0 Å². The molecular weight excluding hydrogens is 314 g/mol. The Bertz CT molecular complexity index is 953. The molecule has 0 atom stereocenters. The lowest BCUT2D eigenvalue weighted by molar-refractivity contribution is 0.466. The summed E-state index contributed by atoms with van der Waals surface area (Å²) < 4.78 is 7.29. The number of aromatic nitrogens is 2. The number of imidazole rings is 1. The molecule has 0 aliphatic carbocycles. The zero-order valence-electron chi connectivity index (χ0n) is 12.1. The number of nitrogens with zero attached hydrogens (tertiary/aromatic N) is 3. The summed E-state index contributed by atoms with van der Waals surface area (Å²) in [5.41, 5.74) is 0.653. The van der Waals surface area contributed by atoms with E-state index in [4.69, 9.17) is 4.42 Å². The van der Waals surface area contributed by atoms with Crippen LogP contribution in [0.1, 0.15) is 11.3 Å². The van der Waals surface area contributed by atoms with Crippen molar-refractivity contribution in [3.63, 3.8) is 0 Å². The molecule has 4 rings (SSSR count). The molecule has 0 spiro atoms. The molecule has 0 saturated heterocycles. The van der Waals surface area contributed by atoms with E-state index in [1.165, 1.54) is 6.21 Å². The second kappa shape index (κ2) is 5.58. The number of aliphatic imine (C=N–C) groups is 1. The van der Waals surface area contributed by atoms with Crippen LogP contribution < -0.4 is 5.63 Å². The highest BCUT2D eigenvalue weighted by molar-refractivity contribution is 7.99. The Labute approximate surface area is 135 Å². The molecule has 3 aromatic rings. The minimum absolute atomic E-state index is 0.0600. The Hall–Kier alpha value is -2.54. The summed E-state index contributed by atoms with van der Waals surface area (Å²) in [5.74, 6) is 0.946. The number of fused-ring (bicyclic) bond motifs is 2. The van der Waals surface area contributed by atoms with E-state index in [1.54, 1.807) is 36.0 Å². The Morgan fingerprint density at radius 3 is 3.17 bits per heavy atom. The van der Waals surface area contributed by atoms with Crippen LogP contribution in [0.5, 0.6) is 5.75 Å². The maximum absolute atomic E-state index is 12.0. The van der Waals surface area contributed by atoms with E-state index in [1.807, 2.05) is 6.20 Å². The molecule has 1 N–H and O–H groups in total. The van der Waals surface area contributed by atoms with Gasteiger partial charge in [0, 0.05) is 24.7 Å². The lowest BCUT2D eigenvalue weighted by Crippen LogP contribution is -2.07. The Kier molecular flexibility index (Phi) is 3.42. The van der Waals surface area contributed by atoms with Crippen LogP contribution in [0.2, 0.25) is 0 Å². The fraction of sp³-hybridized carbons (Fsp3) is 0.188. The molecule has 0 radical (unpaired) electrons. The number of hydrogen-bond donors (Lipinski definition) is 1. The fourth-order valence-corrected chi connectivity index (χ4v) is 3.49. The van der Waals surface area contributed by atoms with Gasteiger partial charge in [-0.25, -0.2) is 9.78 Å². The number of hydrogen-bond acceptors (Lipinski definition) is 6. The summed E-state index contributed by atoms with van der Waals surface area (Å²) in [6.07, 6.45) is 3.32. The normalized spacial score (nSPS) is 13.9. The second-order valence-corrected chi connectivity index (χ2v) is 6.24. The van der Waals surface area contributed by atoms with E-state index in [0.717, 1.165) is 23.1 Å². The summed E-state index contributed by atoms with van der Waals surface area (Å²) in [6, 6.07) is 6.85. The molecular formula is C16H13N3O3S. The lowest BCUT2D eigenvalue weighted by atomic mass is 10.1. The molecule has 1 aliphatic heterocycles. The molecule has 7 heteroatoms. The first-order chi connectivity index (χ1) is 11.2. The number of thioether (sulfide) groups is 1. The molecule has 0 fully saturated rings. The van der Waals surface area contributed by atoms with Crippen LogP contribution in [-0.4, -0.2) is 26.6 Å². The molecule has 6 nitrogen and oxygen atoms in total. The first kappa shape index (κ1) is 14.1. The average molecular weight is 327 g/mol. The molecule has 0 unspecified atom stereocenters. The van der Waals surface area contributed by atoms with Crippen molar-refractivity contribution in [1.82, 2.24) is 9.55 Å². The molecule has 1 aliphatic rings. The van der Waals surface area contributed by atoms with Gasteiger partial charge in [-0.1, -0.05) is 23.9 Å². The third-order valence-electron chi connectivity index (χ3n) is 3.65. The van der Waals surface area contributed by atoms with Crippen LogP contribution >= 0.6 is 11.8 Å². The van der Waals surface area contributed by atoms with Crippen molar-refractivity contribution >= 4 is 28.9 Å². The maximum Gasteiger partial charge on any atom is 0.348 e. The van der Waals surface area contributed by atoms with Crippen LogP contribution in [0.25, 0.3) is 11.0 Å². The zero-order valence-corrected chi connectivity index (χ0v) is 12.9. The van der Waals surface area contributed by atoms with Crippen molar-refractivity contribution in [3.05, 3.63) is 52.1 Å². The molecule has 3 heterocycles. The number of rotatable bonds is 3. The summed E-state index contributed by atoms with van der Waals surface area (Å²) in [5, 5.41) is 11.7. The standard InChI is InChI=1S/C16H13N3O3S/c20-14-11-3-1-2-4-13(11)22-15(21)12(14)8-17-7-10-9-19-5-6-23-16(19)18-10/h1-4,8-9,20H,5-7H2. The molecule has 23 heavy (non-hydrogen) atoms. The lowest BCUT2D eigenvalue weighted by Gasteiger charge is -2.02. The van der Waals surface area contributed by atoms with Gasteiger partial charge >= 0.3 is 5.63 Å². The van der Waals surface area contributed by atoms with E-state index in [9.17, 15) is 9.90 Å². The van der Waals surface area contributed by atoms with Crippen LogP contribution in [0.4, 0.5) is 0 Å². The number of benzene rings is 1. The summed E-state index contributed by atoms with van der Waals surface area (Å²) >= 11 is 1.72. The van der Waals surface area contributed by atoms with Gasteiger partial charge in [-0.3, -0.25) is 4.99 Å². The molecule has 2 aromatic heterocycles. The van der Waals surface area contributed by atoms with Crippen molar-refractivity contribution in [1.29, 1.82) is 0 Å². The second-order valence-electron chi connectivity index (χ2n) is 5.17. The Morgan fingerprint density at radius 2 is 2.30 bits per heavy atom. The van der Waals surface area contributed by atoms with Crippen molar-refractivity contribution in [3.8, 4) is 5.75 Å². The van der Waals surface area contributed by atoms with Crippen molar-refractivity contribution in [2.75, 3.05) is 5.75 Å². The predicted octanol–water partition coefficient (Wildman–Crippen LogP) is 2.42. The topological polar surface area (TPSA) is 80.6 Å². The summed E-state index contributed by atoms with van der Waals surface area (Å²) in [6.45, 7) is 1.32. The highest BCUT2D eigenvalue weighted by Crippen LogP contribution is 2.26. The SMILES string of the molecule is O=c1oc2ccccc2c(O)c1C=NCc1cn2c(n1)SCC2. The van der Waals surface area contributed by atoms with E-state index >= 15 is 0 Å². The van der Waals surface area contributed by atoms with Crippen LogP contribution in [0.3, 0.4) is 0 Å². The van der Waals surface area contributed by atoms with Gasteiger partial charge in [0.05, 0.1) is 17.6 Å². The number of para-hydroxylation sites is 1. The molecule has 0 saturated carbocycles. The van der Waals surface area contributed by atoms with E-state index in [-0.39, 0.29) is 11.3 Å². The van der Waals surface area contributed by atoms with Crippen molar-refractivity contribution in [2.24, 2.45) is 4.99 Å². The number of aryl methyl sites for hydroxylation is 1. The van der Waals surface area contributed by atoms with Gasteiger partial charge in [0.1, 0.15) is 16.9 Å². The van der Waals surface area contributed by atoms with Crippen LogP contribution in [0.15, 0.2) is 49.8 Å². The van der Waals surface area contributed by atoms with Gasteiger partial charge in [0.25, 0.3) is 0 Å². The molecule has 1 aromatic carbocycles. The van der Waals surface area contributed by atoms with Gasteiger partial charge in [-0.2, -0.15) is 0 Å².